The number of ether oxygens (including phenoxy) is 1. The summed E-state index contributed by atoms with van der Waals surface area (Å²) in [7, 11) is 0. The van der Waals surface area contributed by atoms with Gasteiger partial charge in [-0.2, -0.15) is 0 Å². The van der Waals surface area contributed by atoms with Gasteiger partial charge >= 0.3 is 5.97 Å². The van der Waals surface area contributed by atoms with Gasteiger partial charge in [-0.15, -0.1) is 0 Å². The van der Waals surface area contributed by atoms with Crippen molar-refractivity contribution in [2.45, 2.75) is 6.61 Å². The van der Waals surface area contributed by atoms with Gasteiger partial charge in [-0.25, -0.2) is 4.79 Å². The Balaban J connectivity index is 1.66. The van der Waals surface area contributed by atoms with Gasteiger partial charge in [0.1, 0.15) is 6.61 Å². The Labute approximate surface area is 140 Å². The quantitative estimate of drug-likeness (QED) is 0.376. The number of fused-ring (bicyclic) bond motifs is 3. The number of hydrogen-bond donors (Lipinski definition) is 0. The van der Waals surface area contributed by atoms with Crippen molar-refractivity contribution in [2.24, 2.45) is 0 Å². The minimum atomic E-state index is -0.298. The lowest BCUT2D eigenvalue weighted by Gasteiger charge is -2.08. The Morgan fingerprint density at radius 2 is 1.38 bits per heavy atom. The molecule has 116 valence electrons. The SMILES string of the molecule is O=C(OCc1ccccc1)c1ccc2ccc3ccccc3c2c1. The second-order valence-corrected chi connectivity index (χ2v) is 5.78. The fraction of sp³-hybridized carbons (Fsp3) is 0.0455. The Bertz CT molecular complexity index is 1020. The molecule has 0 spiro atoms. The average molecular weight is 312 g/mol. The van der Waals surface area contributed by atoms with Crippen LogP contribution in [0, 0.1) is 0 Å². The molecule has 0 fully saturated rings. The van der Waals surface area contributed by atoms with Crippen LogP contribution in [0.2, 0.25) is 0 Å². The second-order valence-electron chi connectivity index (χ2n) is 5.78. The molecule has 0 unspecified atom stereocenters. The van der Waals surface area contributed by atoms with Crippen LogP contribution in [0.15, 0.2) is 84.9 Å². The highest BCUT2D eigenvalue weighted by Gasteiger charge is 2.09. The van der Waals surface area contributed by atoms with Crippen LogP contribution >= 0.6 is 0 Å². The highest BCUT2D eigenvalue weighted by molar-refractivity contribution is 6.09. The summed E-state index contributed by atoms with van der Waals surface area (Å²) >= 11 is 0. The van der Waals surface area contributed by atoms with Crippen molar-refractivity contribution in [1.29, 1.82) is 0 Å². The second kappa shape index (κ2) is 6.17. The van der Waals surface area contributed by atoms with E-state index in [1.807, 2.05) is 60.7 Å². The third-order valence-electron chi connectivity index (χ3n) is 4.20. The smallest absolute Gasteiger partial charge is 0.338 e. The first-order valence-electron chi connectivity index (χ1n) is 7.94. The van der Waals surface area contributed by atoms with Crippen LogP contribution in [-0.4, -0.2) is 5.97 Å². The number of carbonyl (C=O) groups is 1. The van der Waals surface area contributed by atoms with Crippen LogP contribution in [0.25, 0.3) is 21.5 Å². The van der Waals surface area contributed by atoms with Crippen molar-refractivity contribution < 1.29 is 9.53 Å². The normalized spacial score (nSPS) is 10.8. The van der Waals surface area contributed by atoms with Gasteiger partial charge in [0.05, 0.1) is 5.56 Å². The fourth-order valence-corrected chi connectivity index (χ4v) is 2.94. The standard InChI is InChI=1S/C22H16O2/c23-22(24-15-16-6-2-1-3-7-16)19-13-12-18-11-10-17-8-4-5-9-20(17)21(18)14-19/h1-14H,15H2. The molecule has 2 nitrogen and oxygen atoms in total. The zero-order valence-electron chi connectivity index (χ0n) is 13.1. The van der Waals surface area contributed by atoms with E-state index < -0.39 is 0 Å². The summed E-state index contributed by atoms with van der Waals surface area (Å²) in [6, 6.07) is 27.8. The summed E-state index contributed by atoms with van der Waals surface area (Å²) in [4.78, 5) is 12.4. The summed E-state index contributed by atoms with van der Waals surface area (Å²) in [5, 5.41) is 4.50. The minimum Gasteiger partial charge on any atom is -0.457 e. The first-order valence-corrected chi connectivity index (χ1v) is 7.94. The topological polar surface area (TPSA) is 26.3 Å². The van der Waals surface area contributed by atoms with Crippen LogP contribution in [-0.2, 0) is 11.3 Å². The molecule has 0 heterocycles. The van der Waals surface area contributed by atoms with Crippen LogP contribution in [0.3, 0.4) is 0 Å². The van der Waals surface area contributed by atoms with E-state index in [1.165, 1.54) is 5.39 Å². The molecule has 4 rings (SSSR count). The number of carbonyl (C=O) groups excluding carboxylic acids is 1. The molecule has 0 saturated heterocycles. The van der Waals surface area contributed by atoms with Crippen molar-refractivity contribution >= 4 is 27.5 Å². The van der Waals surface area contributed by atoms with Gasteiger partial charge in [-0.05, 0) is 39.2 Å². The Kier molecular flexibility index (Phi) is 3.72. The number of hydrogen-bond acceptors (Lipinski definition) is 2. The van der Waals surface area contributed by atoms with Gasteiger partial charge in [0.15, 0.2) is 0 Å². The summed E-state index contributed by atoms with van der Waals surface area (Å²) in [6.07, 6.45) is 0. The van der Waals surface area contributed by atoms with Gasteiger partial charge in [0, 0.05) is 0 Å². The summed E-state index contributed by atoms with van der Waals surface area (Å²) in [6.45, 7) is 0.285. The maximum atomic E-state index is 12.4. The molecule has 4 aromatic rings. The molecule has 0 aliphatic carbocycles. The van der Waals surface area contributed by atoms with E-state index in [9.17, 15) is 4.79 Å². The maximum Gasteiger partial charge on any atom is 0.338 e. The third-order valence-corrected chi connectivity index (χ3v) is 4.20. The summed E-state index contributed by atoms with van der Waals surface area (Å²) < 4.78 is 5.44. The van der Waals surface area contributed by atoms with Crippen molar-refractivity contribution in [1.82, 2.24) is 0 Å². The predicted octanol–water partition coefficient (Wildman–Crippen LogP) is 5.35. The lowest BCUT2D eigenvalue weighted by molar-refractivity contribution is 0.0473. The number of benzene rings is 4. The monoisotopic (exact) mass is 312 g/mol. The van der Waals surface area contributed by atoms with Crippen LogP contribution < -0.4 is 0 Å². The van der Waals surface area contributed by atoms with Gasteiger partial charge < -0.3 is 4.74 Å². The number of rotatable bonds is 3. The Morgan fingerprint density at radius 1 is 0.708 bits per heavy atom. The van der Waals surface area contributed by atoms with E-state index >= 15 is 0 Å². The zero-order valence-corrected chi connectivity index (χ0v) is 13.1. The number of esters is 1. The minimum absolute atomic E-state index is 0.285. The molecule has 0 aliphatic heterocycles. The molecule has 0 N–H and O–H groups in total. The molecule has 0 radical (unpaired) electrons. The van der Waals surface area contributed by atoms with Crippen LogP contribution in [0.5, 0.6) is 0 Å². The largest absolute Gasteiger partial charge is 0.457 e. The molecule has 0 amide bonds. The highest BCUT2D eigenvalue weighted by atomic mass is 16.5. The Hall–Kier alpha value is -3.13. The van der Waals surface area contributed by atoms with Gasteiger partial charge in [0.2, 0.25) is 0 Å². The zero-order chi connectivity index (χ0) is 16.4. The lowest BCUT2D eigenvalue weighted by Crippen LogP contribution is -2.05. The molecule has 24 heavy (non-hydrogen) atoms. The summed E-state index contributed by atoms with van der Waals surface area (Å²) in [5.74, 6) is -0.298. The van der Waals surface area contributed by atoms with Crippen molar-refractivity contribution in [2.75, 3.05) is 0 Å². The lowest BCUT2D eigenvalue weighted by atomic mass is 10.00. The van der Waals surface area contributed by atoms with Gasteiger partial charge in [-0.1, -0.05) is 72.8 Å². The van der Waals surface area contributed by atoms with Crippen LogP contribution in [0.4, 0.5) is 0 Å². The molecule has 2 heteroatoms. The fourth-order valence-electron chi connectivity index (χ4n) is 2.94. The molecular formula is C22H16O2. The average Bonchev–Trinajstić information content (AvgIpc) is 2.66. The van der Waals surface area contributed by atoms with Gasteiger partial charge in [0.25, 0.3) is 0 Å². The van der Waals surface area contributed by atoms with E-state index in [0.29, 0.717) is 5.56 Å². The Morgan fingerprint density at radius 3 is 2.21 bits per heavy atom. The first kappa shape index (κ1) is 14.5. The van der Waals surface area contributed by atoms with E-state index in [1.54, 1.807) is 0 Å². The van der Waals surface area contributed by atoms with E-state index in [2.05, 4.69) is 24.3 Å². The molecule has 0 saturated carbocycles. The predicted molar refractivity (Wildman–Crippen MR) is 97.0 cm³/mol. The highest BCUT2D eigenvalue weighted by Crippen LogP contribution is 2.26. The first-order chi connectivity index (χ1) is 11.8. The van der Waals surface area contributed by atoms with Gasteiger partial charge in [-0.3, -0.25) is 0 Å². The molecule has 0 atom stereocenters. The molecule has 4 aromatic carbocycles. The van der Waals surface area contributed by atoms with E-state index in [4.69, 9.17) is 4.74 Å². The van der Waals surface area contributed by atoms with Crippen molar-refractivity contribution in [3.8, 4) is 0 Å². The van der Waals surface area contributed by atoms with Crippen molar-refractivity contribution in [3.05, 3.63) is 96.1 Å². The maximum absolute atomic E-state index is 12.4. The van der Waals surface area contributed by atoms with Crippen molar-refractivity contribution in [3.63, 3.8) is 0 Å². The molecular weight excluding hydrogens is 296 g/mol. The van der Waals surface area contributed by atoms with Crippen LogP contribution in [0.1, 0.15) is 15.9 Å². The molecule has 0 bridgehead atoms. The molecule has 0 aromatic heterocycles. The molecule has 0 aliphatic rings. The van der Waals surface area contributed by atoms with E-state index in [-0.39, 0.29) is 12.6 Å². The third kappa shape index (κ3) is 2.74. The summed E-state index contributed by atoms with van der Waals surface area (Å²) in [5.41, 5.74) is 1.56. The van der Waals surface area contributed by atoms with E-state index in [0.717, 1.165) is 21.7 Å².